The van der Waals surface area contributed by atoms with E-state index in [1.165, 1.54) is 6.33 Å². The molecule has 0 saturated carbocycles. The largest absolute Gasteiger partial charge is 0.455 e. The number of fused-ring (bicyclic) bond motifs is 1. The van der Waals surface area contributed by atoms with Crippen LogP contribution in [0.15, 0.2) is 43.0 Å². The molecule has 25 heavy (non-hydrogen) atoms. The van der Waals surface area contributed by atoms with Gasteiger partial charge in [-0.1, -0.05) is 18.2 Å². The van der Waals surface area contributed by atoms with E-state index in [0.29, 0.717) is 22.4 Å². The summed E-state index contributed by atoms with van der Waals surface area (Å²) in [4.78, 5) is 25.1. The summed E-state index contributed by atoms with van der Waals surface area (Å²) in [5.74, 6) is -0.387. The maximum atomic E-state index is 12.1. The van der Waals surface area contributed by atoms with Crippen molar-refractivity contribution in [3.63, 3.8) is 0 Å². The lowest BCUT2D eigenvalue weighted by Crippen LogP contribution is -2.17. The zero-order valence-electron chi connectivity index (χ0n) is 13.7. The molecule has 7 nitrogen and oxygen atoms in total. The van der Waals surface area contributed by atoms with E-state index in [9.17, 15) is 4.79 Å². The van der Waals surface area contributed by atoms with Crippen molar-refractivity contribution in [3.05, 3.63) is 54.2 Å². The fourth-order valence-corrected chi connectivity index (χ4v) is 2.95. The third kappa shape index (κ3) is 3.23. The molecule has 0 N–H and O–H groups in total. The molecule has 0 aliphatic carbocycles. The van der Waals surface area contributed by atoms with Gasteiger partial charge in [0, 0.05) is 6.61 Å². The molecule has 1 aliphatic heterocycles. The number of rotatable bonds is 4. The Balaban J connectivity index is 1.54. The average Bonchev–Trinajstić information content (AvgIpc) is 3.12. The smallest absolute Gasteiger partial charge is 0.338 e. The molecule has 3 aromatic rings. The molecule has 0 radical (unpaired) electrons. The minimum atomic E-state index is -0.387. The van der Waals surface area contributed by atoms with Gasteiger partial charge in [0.25, 0.3) is 0 Å². The van der Waals surface area contributed by atoms with E-state index in [1.807, 2.05) is 10.6 Å². The Morgan fingerprint density at radius 2 is 2.08 bits per heavy atom. The van der Waals surface area contributed by atoms with Crippen LogP contribution in [0.2, 0.25) is 0 Å². The summed E-state index contributed by atoms with van der Waals surface area (Å²) >= 11 is 0. The maximum Gasteiger partial charge on any atom is 0.338 e. The van der Waals surface area contributed by atoms with Crippen LogP contribution < -0.4 is 0 Å². The van der Waals surface area contributed by atoms with E-state index in [-0.39, 0.29) is 18.8 Å². The summed E-state index contributed by atoms with van der Waals surface area (Å²) in [7, 11) is 0. The van der Waals surface area contributed by atoms with Crippen molar-refractivity contribution < 1.29 is 14.3 Å². The van der Waals surface area contributed by atoms with Crippen molar-refractivity contribution in [2.24, 2.45) is 0 Å². The second kappa shape index (κ2) is 6.98. The van der Waals surface area contributed by atoms with Crippen molar-refractivity contribution in [2.45, 2.75) is 32.1 Å². The molecule has 2 aromatic heterocycles. The topological polar surface area (TPSA) is 79.1 Å². The van der Waals surface area contributed by atoms with Crippen molar-refractivity contribution in [1.82, 2.24) is 19.5 Å². The Labute approximate surface area is 144 Å². The zero-order valence-corrected chi connectivity index (χ0v) is 13.7. The standard InChI is InChI=1S/C18H18N4O3/c23-18(13-6-2-1-3-7-13)25-10-14-16-17(20-11-19-14)22(12-21-16)15-8-4-5-9-24-15/h1-3,6-7,11-12,15H,4-5,8-10H2. The van der Waals surface area contributed by atoms with E-state index in [0.717, 1.165) is 25.9 Å². The van der Waals surface area contributed by atoms with Gasteiger partial charge >= 0.3 is 5.97 Å². The van der Waals surface area contributed by atoms with Crippen LogP contribution in [0.4, 0.5) is 0 Å². The predicted octanol–water partition coefficient (Wildman–Crippen LogP) is 2.88. The minimum absolute atomic E-state index is 0.0478. The quantitative estimate of drug-likeness (QED) is 0.681. The van der Waals surface area contributed by atoms with E-state index >= 15 is 0 Å². The molecule has 1 atom stereocenters. The summed E-state index contributed by atoms with van der Waals surface area (Å²) in [5.41, 5.74) is 2.43. The number of hydrogen-bond donors (Lipinski definition) is 0. The molecule has 4 rings (SSSR count). The van der Waals surface area contributed by atoms with Crippen molar-refractivity contribution in [2.75, 3.05) is 6.61 Å². The van der Waals surface area contributed by atoms with Crippen LogP contribution in [0.3, 0.4) is 0 Å². The van der Waals surface area contributed by atoms with E-state index in [1.54, 1.807) is 30.6 Å². The fraction of sp³-hybridized carbons (Fsp3) is 0.333. The van der Waals surface area contributed by atoms with Crippen LogP contribution in [0.5, 0.6) is 0 Å². The van der Waals surface area contributed by atoms with Crippen LogP contribution >= 0.6 is 0 Å². The van der Waals surface area contributed by atoms with Gasteiger partial charge in [-0.2, -0.15) is 0 Å². The third-order valence-electron chi connectivity index (χ3n) is 4.25. The first kappa shape index (κ1) is 15.7. The molecule has 3 heterocycles. The highest BCUT2D eigenvalue weighted by Gasteiger charge is 2.20. The molecule has 128 valence electrons. The summed E-state index contributed by atoms with van der Waals surface area (Å²) in [6.45, 7) is 0.798. The normalized spacial score (nSPS) is 17.5. The van der Waals surface area contributed by atoms with E-state index in [4.69, 9.17) is 9.47 Å². The second-order valence-electron chi connectivity index (χ2n) is 5.91. The lowest BCUT2D eigenvalue weighted by atomic mass is 10.2. The molecular weight excluding hydrogens is 320 g/mol. The SMILES string of the molecule is O=C(OCc1ncnc2c1ncn2C1CCCCO1)c1ccccc1. The van der Waals surface area contributed by atoms with Gasteiger partial charge in [0.1, 0.15) is 30.4 Å². The van der Waals surface area contributed by atoms with E-state index < -0.39 is 0 Å². The lowest BCUT2D eigenvalue weighted by molar-refractivity contribution is -0.0298. The van der Waals surface area contributed by atoms with Crippen LogP contribution in [0, 0.1) is 0 Å². The van der Waals surface area contributed by atoms with Gasteiger partial charge in [0.2, 0.25) is 0 Å². The Hall–Kier alpha value is -2.80. The Kier molecular flexibility index (Phi) is 4.39. The van der Waals surface area contributed by atoms with Gasteiger partial charge in [0.15, 0.2) is 5.65 Å². The first-order valence-electron chi connectivity index (χ1n) is 8.33. The minimum Gasteiger partial charge on any atom is -0.455 e. The molecular formula is C18H18N4O3. The van der Waals surface area contributed by atoms with Crippen LogP contribution in [-0.4, -0.2) is 32.1 Å². The zero-order chi connectivity index (χ0) is 17.1. The maximum absolute atomic E-state index is 12.1. The fourth-order valence-electron chi connectivity index (χ4n) is 2.95. The molecule has 1 aliphatic rings. The summed E-state index contributed by atoms with van der Waals surface area (Å²) in [6, 6.07) is 8.88. The number of hydrogen-bond acceptors (Lipinski definition) is 6. The number of nitrogens with zero attached hydrogens (tertiary/aromatic N) is 4. The first-order valence-corrected chi connectivity index (χ1v) is 8.33. The Morgan fingerprint density at radius 3 is 2.88 bits per heavy atom. The Bertz CT molecular complexity index is 872. The second-order valence-corrected chi connectivity index (χ2v) is 5.91. The van der Waals surface area contributed by atoms with Crippen LogP contribution in [0.25, 0.3) is 11.2 Å². The van der Waals surface area contributed by atoms with Crippen LogP contribution in [-0.2, 0) is 16.1 Å². The molecule has 0 bridgehead atoms. The molecule has 0 spiro atoms. The first-order chi connectivity index (χ1) is 12.3. The summed E-state index contributed by atoms with van der Waals surface area (Å²) in [6.07, 6.45) is 6.28. The molecule has 1 fully saturated rings. The van der Waals surface area contributed by atoms with Crippen molar-refractivity contribution in [3.8, 4) is 0 Å². The number of esters is 1. The highest BCUT2D eigenvalue weighted by atomic mass is 16.5. The van der Waals surface area contributed by atoms with Gasteiger partial charge in [-0.3, -0.25) is 4.57 Å². The lowest BCUT2D eigenvalue weighted by Gasteiger charge is -2.23. The number of benzene rings is 1. The number of aromatic nitrogens is 4. The average molecular weight is 338 g/mol. The van der Waals surface area contributed by atoms with Crippen molar-refractivity contribution in [1.29, 1.82) is 0 Å². The third-order valence-corrected chi connectivity index (χ3v) is 4.25. The van der Waals surface area contributed by atoms with Gasteiger partial charge in [0.05, 0.1) is 11.9 Å². The number of carbonyl (C=O) groups is 1. The van der Waals surface area contributed by atoms with E-state index in [2.05, 4.69) is 15.0 Å². The Morgan fingerprint density at radius 1 is 1.20 bits per heavy atom. The highest BCUT2D eigenvalue weighted by Crippen LogP contribution is 2.26. The van der Waals surface area contributed by atoms with Gasteiger partial charge in [-0.15, -0.1) is 0 Å². The van der Waals surface area contributed by atoms with Gasteiger partial charge in [-0.05, 0) is 31.4 Å². The predicted molar refractivity (Wildman–Crippen MR) is 89.7 cm³/mol. The summed E-state index contributed by atoms with van der Waals surface area (Å²) < 4.78 is 13.1. The number of ether oxygens (including phenoxy) is 2. The number of carbonyl (C=O) groups excluding carboxylic acids is 1. The molecule has 1 unspecified atom stereocenters. The molecule has 1 saturated heterocycles. The highest BCUT2D eigenvalue weighted by molar-refractivity contribution is 5.89. The monoisotopic (exact) mass is 338 g/mol. The van der Waals surface area contributed by atoms with Gasteiger partial charge < -0.3 is 9.47 Å². The van der Waals surface area contributed by atoms with Gasteiger partial charge in [-0.25, -0.2) is 19.7 Å². The number of imidazole rings is 1. The molecule has 1 aromatic carbocycles. The molecule has 0 amide bonds. The molecule has 7 heteroatoms. The van der Waals surface area contributed by atoms with Crippen LogP contribution in [0.1, 0.15) is 41.5 Å². The summed E-state index contributed by atoms with van der Waals surface area (Å²) in [5, 5.41) is 0. The van der Waals surface area contributed by atoms with Crippen molar-refractivity contribution >= 4 is 17.1 Å².